The van der Waals surface area contributed by atoms with Gasteiger partial charge in [-0.3, -0.25) is 9.59 Å². The Labute approximate surface area is 105 Å². The maximum atomic E-state index is 11.7. The van der Waals surface area contributed by atoms with Crippen LogP contribution in [-0.4, -0.2) is 23.2 Å². The molecule has 0 fully saturated rings. The van der Waals surface area contributed by atoms with Crippen molar-refractivity contribution in [3.05, 3.63) is 53.9 Å². The molecule has 0 atom stereocenters. The maximum Gasteiger partial charge on any atom is 0.216 e. The fraction of sp³-hybridized carbons (Fsp3) is 0.143. The molecular weight excluding hydrogens is 230 g/mol. The summed E-state index contributed by atoms with van der Waals surface area (Å²) in [7, 11) is 0. The molecule has 0 radical (unpaired) electrons. The molecule has 0 aliphatic rings. The van der Waals surface area contributed by atoms with Crippen LogP contribution in [0.2, 0.25) is 0 Å². The number of H-pyrrole nitrogens is 1. The molecule has 2 rings (SSSR count). The molecule has 1 heterocycles. The lowest BCUT2D eigenvalue weighted by atomic mass is 10.1. The Bertz CT molecular complexity index is 558. The molecule has 4 nitrogen and oxygen atoms in total. The van der Waals surface area contributed by atoms with Gasteiger partial charge in [-0.25, -0.2) is 0 Å². The number of nitrogens with one attached hydrogen (secondary N) is 1. The number of carbonyl (C=O) groups is 2. The normalized spacial score (nSPS) is 10.1. The SMILES string of the molecule is CC(=O)c1cccc(OCC(=O)c2ccc[nH]2)c1. The van der Waals surface area contributed by atoms with Gasteiger partial charge in [0.05, 0.1) is 5.69 Å². The van der Waals surface area contributed by atoms with Gasteiger partial charge in [0.25, 0.3) is 0 Å². The van der Waals surface area contributed by atoms with Crippen LogP contribution >= 0.6 is 0 Å². The molecule has 0 amide bonds. The summed E-state index contributed by atoms with van der Waals surface area (Å²) in [6.45, 7) is 1.44. The second-order valence-electron chi connectivity index (χ2n) is 3.88. The standard InChI is InChI=1S/C14H13NO3/c1-10(16)11-4-2-5-12(8-11)18-9-14(17)13-6-3-7-15-13/h2-8,15H,9H2,1H3. The van der Waals surface area contributed by atoms with Gasteiger partial charge in [-0.05, 0) is 31.2 Å². The summed E-state index contributed by atoms with van der Waals surface area (Å²) in [6, 6.07) is 10.2. The predicted molar refractivity (Wildman–Crippen MR) is 67.1 cm³/mol. The van der Waals surface area contributed by atoms with Crippen LogP contribution in [0.3, 0.4) is 0 Å². The minimum Gasteiger partial charge on any atom is -0.485 e. The van der Waals surface area contributed by atoms with E-state index in [0.717, 1.165) is 0 Å². The Hall–Kier alpha value is -2.36. The van der Waals surface area contributed by atoms with Crippen LogP contribution in [0.25, 0.3) is 0 Å². The molecule has 0 aliphatic carbocycles. The quantitative estimate of drug-likeness (QED) is 0.821. The zero-order valence-corrected chi connectivity index (χ0v) is 9.97. The predicted octanol–water partition coefficient (Wildman–Crippen LogP) is 2.48. The van der Waals surface area contributed by atoms with Crippen molar-refractivity contribution in [3.63, 3.8) is 0 Å². The monoisotopic (exact) mass is 243 g/mol. The number of carbonyl (C=O) groups excluding carboxylic acids is 2. The van der Waals surface area contributed by atoms with Gasteiger partial charge in [-0.15, -0.1) is 0 Å². The average Bonchev–Trinajstić information content (AvgIpc) is 2.90. The Morgan fingerprint density at radius 2 is 2.06 bits per heavy atom. The maximum absolute atomic E-state index is 11.7. The average molecular weight is 243 g/mol. The number of Topliss-reactive ketones (excluding diaryl/α,β-unsaturated/α-hetero) is 2. The summed E-state index contributed by atoms with van der Waals surface area (Å²) < 4.78 is 5.36. The highest BCUT2D eigenvalue weighted by molar-refractivity contribution is 5.96. The number of hydrogen-bond donors (Lipinski definition) is 1. The lowest BCUT2D eigenvalue weighted by Gasteiger charge is -2.05. The molecule has 0 saturated heterocycles. The lowest BCUT2D eigenvalue weighted by Crippen LogP contribution is -2.12. The number of benzene rings is 1. The van der Waals surface area contributed by atoms with Gasteiger partial charge in [0.15, 0.2) is 12.4 Å². The number of ether oxygens (including phenoxy) is 1. The number of ketones is 2. The Kier molecular flexibility index (Phi) is 3.57. The van der Waals surface area contributed by atoms with Crippen LogP contribution in [0.15, 0.2) is 42.6 Å². The molecule has 1 aromatic heterocycles. The fourth-order valence-corrected chi connectivity index (χ4v) is 1.54. The van der Waals surface area contributed by atoms with Crippen molar-refractivity contribution < 1.29 is 14.3 Å². The second-order valence-corrected chi connectivity index (χ2v) is 3.88. The summed E-state index contributed by atoms with van der Waals surface area (Å²) in [5.41, 5.74) is 1.08. The second kappa shape index (κ2) is 5.31. The van der Waals surface area contributed by atoms with Gasteiger partial charge in [0.1, 0.15) is 5.75 Å². The molecule has 18 heavy (non-hydrogen) atoms. The van der Waals surface area contributed by atoms with Crippen molar-refractivity contribution in [2.45, 2.75) is 6.92 Å². The molecule has 0 unspecified atom stereocenters. The van der Waals surface area contributed by atoms with Gasteiger partial charge >= 0.3 is 0 Å². The molecular formula is C14H13NO3. The van der Waals surface area contributed by atoms with Gasteiger partial charge in [0.2, 0.25) is 5.78 Å². The first-order chi connectivity index (χ1) is 8.66. The molecule has 1 aromatic carbocycles. The van der Waals surface area contributed by atoms with E-state index >= 15 is 0 Å². The Morgan fingerprint density at radius 1 is 1.22 bits per heavy atom. The molecule has 92 valence electrons. The smallest absolute Gasteiger partial charge is 0.216 e. The molecule has 0 aliphatic heterocycles. The summed E-state index contributed by atoms with van der Waals surface area (Å²) in [5, 5.41) is 0. The third-order valence-electron chi connectivity index (χ3n) is 2.51. The first kappa shape index (κ1) is 12.1. The molecule has 0 spiro atoms. The van der Waals surface area contributed by atoms with Crippen LogP contribution in [0, 0.1) is 0 Å². The molecule has 1 N–H and O–H groups in total. The van der Waals surface area contributed by atoms with E-state index in [1.807, 2.05) is 0 Å². The third kappa shape index (κ3) is 2.85. The minimum absolute atomic E-state index is 0.0313. The van der Waals surface area contributed by atoms with Gasteiger partial charge in [-0.1, -0.05) is 12.1 Å². The first-order valence-electron chi connectivity index (χ1n) is 5.57. The van der Waals surface area contributed by atoms with Crippen molar-refractivity contribution in [3.8, 4) is 5.75 Å². The minimum atomic E-state index is -0.131. The largest absolute Gasteiger partial charge is 0.485 e. The van der Waals surface area contributed by atoms with Crippen LogP contribution < -0.4 is 4.74 Å². The number of aromatic amines is 1. The number of aromatic nitrogens is 1. The Morgan fingerprint density at radius 3 is 2.72 bits per heavy atom. The topological polar surface area (TPSA) is 59.2 Å². The van der Waals surface area contributed by atoms with Gasteiger partial charge in [0, 0.05) is 11.8 Å². The van der Waals surface area contributed by atoms with Gasteiger partial charge < -0.3 is 9.72 Å². The van der Waals surface area contributed by atoms with E-state index in [1.165, 1.54) is 6.92 Å². The van der Waals surface area contributed by atoms with Crippen LogP contribution in [-0.2, 0) is 0 Å². The third-order valence-corrected chi connectivity index (χ3v) is 2.51. The van der Waals surface area contributed by atoms with Gasteiger partial charge in [-0.2, -0.15) is 0 Å². The summed E-state index contributed by atoms with van der Waals surface area (Å²) in [4.78, 5) is 25.7. The molecule has 2 aromatic rings. The van der Waals surface area contributed by atoms with Crippen molar-refractivity contribution in [1.29, 1.82) is 0 Å². The number of hydrogen-bond acceptors (Lipinski definition) is 3. The molecule has 0 saturated carbocycles. The van der Waals surface area contributed by atoms with E-state index in [9.17, 15) is 9.59 Å². The summed E-state index contributed by atoms with van der Waals surface area (Å²) >= 11 is 0. The van der Waals surface area contributed by atoms with E-state index in [0.29, 0.717) is 17.0 Å². The Balaban J connectivity index is 2.00. The highest BCUT2D eigenvalue weighted by Crippen LogP contribution is 2.14. The van der Waals surface area contributed by atoms with Crippen LogP contribution in [0.4, 0.5) is 0 Å². The van der Waals surface area contributed by atoms with Crippen LogP contribution in [0.5, 0.6) is 5.75 Å². The van der Waals surface area contributed by atoms with Crippen molar-refractivity contribution in [2.24, 2.45) is 0 Å². The van der Waals surface area contributed by atoms with E-state index < -0.39 is 0 Å². The molecule has 0 bridgehead atoms. The van der Waals surface area contributed by atoms with Crippen molar-refractivity contribution in [2.75, 3.05) is 6.61 Å². The first-order valence-corrected chi connectivity index (χ1v) is 5.57. The summed E-state index contributed by atoms with van der Waals surface area (Å²) in [5.74, 6) is 0.354. The highest BCUT2D eigenvalue weighted by Gasteiger charge is 2.08. The molecule has 4 heteroatoms. The van der Waals surface area contributed by atoms with E-state index in [4.69, 9.17) is 4.74 Å². The zero-order valence-electron chi connectivity index (χ0n) is 9.97. The van der Waals surface area contributed by atoms with Crippen LogP contribution in [0.1, 0.15) is 27.8 Å². The summed E-state index contributed by atoms with van der Waals surface area (Å²) in [6.07, 6.45) is 1.68. The van der Waals surface area contributed by atoms with E-state index in [-0.39, 0.29) is 18.2 Å². The van der Waals surface area contributed by atoms with Crippen molar-refractivity contribution >= 4 is 11.6 Å². The van der Waals surface area contributed by atoms with Crippen molar-refractivity contribution in [1.82, 2.24) is 4.98 Å². The number of rotatable bonds is 5. The lowest BCUT2D eigenvalue weighted by molar-refractivity contribution is 0.0917. The van der Waals surface area contributed by atoms with E-state index in [2.05, 4.69) is 4.98 Å². The van der Waals surface area contributed by atoms with E-state index in [1.54, 1.807) is 42.6 Å². The highest BCUT2D eigenvalue weighted by atomic mass is 16.5. The fourth-order valence-electron chi connectivity index (χ4n) is 1.54. The zero-order chi connectivity index (χ0) is 13.0.